The molecule has 13 heavy (non-hydrogen) atoms. The van der Waals surface area contributed by atoms with Gasteiger partial charge in [-0.2, -0.15) is 0 Å². The van der Waals surface area contributed by atoms with Gasteiger partial charge in [0.05, 0.1) is 17.8 Å². The molecule has 0 unspecified atom stereocenters. The molecule has 0 heterocycles. The van der Waals surface area contributed by atoms with Crippen LogP contribution in [0.2, 0.25) is 0 Å². The smallest absolute Gasteiger partial charge is 0.137 e. The Bertz CT molecular complexity index is 277. The monoisotopic (exact) mass is 310 g/mol. The summed E-state index contributed by atoms with van der Waals surface area (Å²) in [5.41, 5.74) is 0. The van der Waals surface area contributed by atoms with Crippen molar-refractivity contribution in [3.8, 4) is 11.5 Å². The summed E-state index contributed by atoms with van der Waals surface area (Å²) < 4.78 is 11.5. The molecule has 0 aliphatic heterocycles. The third kappa shape index (κ3) is 2.43. The minimum atomic E-state index is 0.835. The Labute approximate surface area is 96.1 Å². The molecule has 0 saturated carbocycles. The third-order valence-corrected chi connectivity index (χ3v) is 3.90. The van der Waals surface area contributed by atoms with Gasteiger partial charge in [-0.1, -0.05) is 0 Å². The lowest BCUT2D eigenvalue weighted by Gasteiger charge is -2.09. The average Bonchev–Trinajstić information content (AvgIpc) is 2.18. The third-order valence-electron chi connectivity index (χ3n) is 1.65. The van der Waals surface area contributed by atoms with Crippen LogP contribution in [0.4, 0.5) is 0 Å². The van der Waals surface area contributed by atoms with Crippen molar-refractivity contribution in [2.24, 2.45) is 0 Å². The van der Waals surface area contributed by atoms with Crippen LogP contribution in [-0.4, -0.2) is 20.5 Å². The summed E-state index contributed by atoms with van der Waals surface area (Å²) in [6, 6.07) is 3.90. The summed E-state index contributed by atoms with van der Waals surface area (Å²) in [6.45, 7) is 0. The molecule has 0 fully saturated rings. The molecule has 0 aromatic heterocycles. The van der Waals surface area contributed by atoms with E-state index in [-0.39, 0.29) is 0 Å². The van der Waals surface area contributed by atoms with Gasteiger partial charge < -0.3 is 9.47 Å². The van der Waals surface area contributed by atoms with E-state index in [4.69, 9.17) is 9.47 Å². The minimum absolute atomic E-state index is 0.835. The van der Waals surface area contributed by atoms with Crippen molar-refractivity contribution in [3.05, 3.63) is 15.7 Å². The molecule has 0 aliphatic carbocycles. The largest absolute Gasteiger partial charge is 0.497 e. The Hall–Kier alpha value is -0.100. The van der Waals surface area contributed by atoms with Crippen molar-refractivity contribution in [1.29, 1.82) is 0 Å². The molecule has 1 aromatic carbocycles. The number of rotatable bonds is 3. The first-order valence-electron chi connectivity index (χ1n) is 3.68. The van der Waals surface area contributed by atoms with E-state index < -0.39 is 0 Å². The number of thioether (sulfide) groups is 1. The molecule has 1 aromatic rings. The Kier molecular flexibility index (Phi) is 4.18. The highest BCUT2D eigenvalue weighted by Gasteiger charge is 2.08. The number of benzene rings is 1. The van der Waals surface area contributed by atoms with Crippen molar-refractivity contribution in [2.75, 3.05) is 20.5 Å². The Morgan fingerprint density at radius 2 is 1.92 bits per heavy atom. The highest BCUT2D eigenvalue weighted by Crippen LogP contribution is 2.34. The first-order valence-corrected chi connectivity index (χ1v) is 5.98. The molecule has 4 heteroatoms. The minimum Gasteiger partial charge on any atom is -0.497 e. The Morgan fingerprint density at radius 3 is 2.38 bits per heavy atom. The van der Waals surface area contributed by atoms with Gasteiger partial charge in [0.15, 0.2) is 0 Å². The molecule has 0 amide bonds. The number of ether oxygens (including phenoxy) is 2. The van der Waals surface area contributed by atoms with E-state index in [1.807, 2.05) is 18.4 Å². The number of methoxy groups -OCH3 is 2. The number of hydrogen-bond acceptors (Lipinski definition) is 3. The molecule has 72 valence electrons. The fourth-order valence-electron chi connectivity index (χ4n) is 0.963. The van der Waals surface area contributed by atoms with Gasteiger partial charge in [-0.05, 0) is 34.9 Å². The average molecular weight is 310 g/mol. The lowest BCUT2D eigenvalue weighted by Crippen LogP contribution is -1.91. The molecule has 0 N–H and O–H groups in total. The summed E-state index contributed by atoms with van der Waals surface area (Å²) in [6.07, 6.45) is 2.04. The molecular formula is C9H11IO2S. The maximum atomic E-state index is 5.23. The van der Waals surface area contributed by atoms with Crippen molar-refractivity contribution < 1.29 is 9.47 Å². The van der Waals surface area contributed by atoms with Gasteiger partial charge in [-0.25, -0.2) is 0 Å². The Morgan fingerprint density at radius 1 is 1.23 bits per heavy atom. The highest BCUT2D eigenvalue weighted by molar-refractivity contribution is 14.1. The van der Waals surface area contributed by atoms with Crippen molar-refractivity contribution in [3.63, 3.8) is 0 Å². The fraction of sp³-hybridized carbons (Fsp3) is 0.333. The molecule has 0 radical (unpaired) electrons. The molecule has 0 spiro atoms. The number of hydrogen-bond donors (Lipinski definition) is 0. The second kappa shape index (κ2) is 4.95. The van der Waals surface area contributed by atoms with Crippen LogP contribution < -0.4 is 9.47 Å². The van der Waals surface area contributed by atoms with E-state index in [9.17, 15) is 0 Å². The first-order chi connectivity index (χ1) is 6.22. The second-order valence-corrected chi connectivity index (χ2v) is 4.27. The van der Waals surface area contributed by atoms with Crippen molar-refractivity contribution in [2.45, 2.75) is 4.90 Å². The van der Waals surface area contributed by atoms with E-state index in [0.717, 1.165) is 15.1 Å². The van der Waals surface area contributed by atoms with Gasteiger partial charge >= 0.3 is 0 Å². The lowest BCUT2D eigenvalue weighted by molar-refractivity contribution is 0.390. The zero-order valence-corrected chi connectivity index (χ0v) is 10.7. The van der Waals surface area contributed by atoms with E-state index in [1.165, 1.54) is 4.90 Å². The van der Waals surface area contributed by atoms with Crippen LogP contribution in [0.5, 0.6) is 11.5 Å². The fourth-order valence-corrected chi connectivity index (χ4v) is 2.67. The molecule has 2 nitrogen and oxygen atoms in total. The normalized spacial score (nSPS) is 9.85. The SMILES string of the molecule is COc1cc(OC)c(I)c(SC)c1. The maximum Gasteiger partial charge on any atom is 0.137 e. The van der Waals surface area contributed by atoms with E-state index in [1.54, 1.807) is 26.0 Å². The molecule has 1 rings (SSSR count). The topological polar surface area (TPSA) is 18.5 Å². The van der Waals surface area contributed by atoms with Gasteiger partial charge in [-0.3, -0.25) is 0 Å². The summed E-state index contributed by atoms with van der Waals surface area (Å²) in [5, 5.41) is 0. The first kappa shape index (κ1) is 11.0. The second-order valence-electron chi connectivity index (χ2n) is 2.35. The van der Waals surface area contributed by atoms with Crippen LogP contribution in [0.15, 0.2) is 17.0 Å². The summed E-state index contributed by atoms with van der Waals surface area (Å²) in [5.74, 6) is 1.70. The zero-order valence-electron chi connectivity index (χ0n) is 7.76. The molecule has 0 aliphatic rings. The van der Waals surface area contributed by atoms with Crippen molar-refractivity contribution in [1.82, 2.24) is 0 Å². The lowest BCUT2D eigenvalue weighted by atomic mass is 10.3. The van der Waals surface area contributed by atoms with Crippen LogP contribution >= 0.6 is 34.4 Å². The predicted octanol–water partition coefficient (Wildman–Crippen LogP) is 3.03. The maximum absolute atomic E-state index is 5.23. The van der Waals surface area contributed by atoms with Gasteiger partial charge in [0, 0.05) is 11.0 Å². The predicted molar refractivity (Wildman–Crippen MR) is 64.0 cm³/mol. The van der Waals surface area contributed by atoms with Gasteiger partial charge in [0.1, 0.15) is 11.5 Å². The van der Waals surface area contributed by atoms with Crippen LogP contribution in [0.1, 0.15) is 0 Å². The quantitative estimate of drug-likeness (QED) is 0.631. The molecule has 0 saturated heterocycles. The molecule has 0 atom stereocenters. The highest BCUT2D eigenvalue weighted by atomic mass is 127. The van der Waals surface area contributed by atoms with Crippen molar-refractivity contribution >= 4 is 34.4 Å². The van der Waals surface area contributed by atoms with Crippen LogP contribution in [0, 0.1) is 3.57 Å². The van der Waals surface area contributed by atoms with E-state index in [0.29, 0.717) is 0 Å². The van der Waals surface area contributed by atoms with Crippen LogP contribution in [-0.2, 0) is 0 Å². The summed E-state index contributed by atoms with van der Waals surface area (Å²) in [7, 11) is 3.33. The number of halogens is 1. The standard InChI is InChI=1S/C9H11IO2S/c1-11-6-4-7(12-2)9(10)8(5-6)13-3/h4-5H,1-3H3. The summed E-state index contributed by atoms with van der Waals surface area (Å²) in [4.78, 5) is 1.18. The van der Waals surface area contributed by atoms with Gasteiger partial charge in [-0.15, -0.1) is 11.8 Å². The van der Waals surface area contributed by atoms with E-state index >= 15 is 0 Å². The molecular weight excluding hydrogens is 299 g/mol. The zero-order chi connectivity index (χ0) is 9.84. The Balaban J connectivity index is 3.20. The van der Waals surface area contributed by atoms with Crippen LogP contribution in [0.3, 0.4) is 0 Å². The van der Waals surface area contributed by atoms with E-state index in [2.05, 4.69) is 22.6 Å². The molecule has 0 bridgehead atoms. The van der Waals surface area contributed by atoms with Gasteiger partial charge in [0.25, 0.3) is 0 Å². The van der Waals surface area contributed by atoms with Gasteiger partial charge in [0.2, 0.25) is 0 Å². The summed E-state index contributed by atoms with van der Waals surface area (Å²) >= 11 is 3.96. The van der Waals surface area contributed by atoms with Crippen LogP contribution in [0.25, 0.3) is 0 Å².